The van der Waals surface area contributed by atoms with Gasteiger partial charge in [0.25, 0.3) is 0 Å². The van der Waals surface area contributed by atoms with Crippen molar-refractivity contribution in [1.29, 1.82) is 0 Å². The third-order valence-electron chi connectivity index (χ3n) is 4.26. The van der Waals surface area contributed by atoms with Gasteiger partial charge in [0.1, 0.15) is 25.0 Å². The van der Waals surface area contributed by atoms with Crippen LogP contribution in [0.3, 0.4) is 0 Å². The smallest absolute Gasteiger partial charge is 0.338 e. The first-order valence-electron chi connectivity index (χ1n) is 9.44. The van der Waals surface area contributed by atoms with Crippen molar-refractivity contribution in [3.05, 3.63) is 23.8 Å². The first-order valence-corrected chi connectivity index (χ1v) is 9.44. The van der Waals surface area contributed by atoms with E-state index in [2.05, 4.69) is 16.0 Å². The summed E-state index contributed by atoms with van der Waals surface area (Å²) in [5.74, 6) is -1.45. The Morgan fingerprint density at radius 2 is 1.77 bits per heavy atom. The van der Waals surface area contributed by atoms with E-state index in [1.54, 1.807) is 27.8 Å². The lowest BCUT2D eigenvalue weighted by Crippen LogP contribution is -2.51. The van der Waals surface area contributed by atoms with Crippen LogP contribution in [0, 0.1) is 5.92 Å². The molecule has 2 amide bonds. The van der Waals surface area contributed by atoms with E-state index in [-0.39, 0.29) is 30.6 Å². The Bertz CT molecular complexity index is 752. The minimum absolute atomic E-state index is 0.160. The van der Waals surface area contributed by atoms with Gasteiger partial charge in [-0.05, 0) is 38.1 Å². The molecule has 1 aromatic carbocycles. The molecule has 0 heterocycles. The van der Waals surface area contributed by atoms with Gasteiger partial charge in [0.15, 0.2) is 0 Å². The van der Waals surface area contributed by atoms with Crippen LogP contribution in [-0.4, -0.2) is 63.7 Å². The van der Waals surface area contributed by atoms with Gasteiger partial charge >= 0.3 is 11.9 Å². The number of methoxy groups -OCH3 is 1. The van der Waals surface area contributed by atoms with Crippen LogP contribution in [0.25, 0.3) is 0 Å². The molecule has 10 heteroatoms. The highest BCUT2D eigenvalue weighted by atomic mass is 16.6. The summed E-state index contributed by atoms with van der Waals surface area (Å²) >= 11 is 0. The Kier molecular flexibility index (Phi) is 10.3. The third kappa shape index (κ3) is 7.36. The van der Waals surface area contributed by atoms with Gasteiger partial charge in [-0.15, -0.1) is 0 Å². The van der Waals surface area contributed by atoms with Crippen molar-refractivity contribution < 1.29 is 33.4 Å². The fourth-order valence-corrected chi connectivity index (χ4v) is 2.36. The number of likely N-dealkylation sites (N-methyl/N-ethyl adjacent to an activating group) is 1. The number of carbonyl (C=O) groups excluding carboxylic acids is 4. The molecule has 30 heavy (non-hydrogen) atoms. The van der Waals surface area contributed by atoms with Crippen molar-refractivity contribution >= 4 is 29.9 Å². The number of amides is 2. The van der Waals surface area contributed by atoms with E-state index in [4.69, 9.17) is 14.2 Å². The second-order valence-corrected chi connectivity index (χ2v) is 6.72. The largest absolute Gasteiger partial charge is 0.495 e. The topological polar surface area (TPSA) is 132 Å². The molecule has 0 aliphatic carbocycles. The number of hydrogen-bond acceptors (Lipinski definition) is 8. The molecule has 1 aromatic rings. The highest BCUT2D eigenvalue weighted by Gasteiger charge is 2.27. The number of ether oxygens (including phenoxy) is 3. The molecular formula is C20H29N3O7. The predicted molar refractivity (Wildman–Crippen MR) is 109 cm³/mol. The molecule has 0 saturated carbocycles. The summed E-state index contributed by atoms with van der Waals surface area (Å²) in [6.45, 7) is 4.92. The molecule has 0 saturated heterocycles. The van der Waals surface area contributed by atoms with Crippen molar-refractivity contribution in [2.24, 2.45) is 5.92 Å². The highest BCUT2D eigenvalue weighted by Crippen LogP contribution is 2.25. The van der Waals surface area contributed by atoms with Crippen LogP contribution in [0.4, 0.5) is 5.69 Å². The molecule has 0 aliphatic heterocycles. The summed E-state index contributed by atoms with van der Waals surface area (Å²) in [6.07, 6.45) is 0.496. The van der Waals surface area contributed by atoms with Gasteiger partial charge in [-0.1, -0.05) is 13.8 Å². The van der Waals surface area contributed by atoms with Crippen LogP contribution in [0.5, 0.6) is 5.75 Å². The minimum atomic E-state index is -0.814. The van der Waals surface area contributed by atoms with Gasteiger partial charge < -0.3 is 30.2 Å². The Labute approximate surface area is 175 Å². The average molecular weight is 423 g/mol. The molecule has 0 radical (unpaired) electrons. The van der Waals surface area contributed by atoms with Gasteiger partial charge in [0.05, 0.1) is 24.4 Å². The van der Waals surface area contributed by atoms with Crippen molar-refractivity contribution in [3.8, 4) is 5.75 Å². The molecule has 3 N–H and O–H groups in total. The lowest BCUT2D eigenvalue weighted by atomic mass is 10.0. The lowest BCUT2D eigenvalue weighted by Gasteiger charge is -2.22. The zero-order valence-electron chi connectivity index (χ0n) is 17.8. The summed E-state index contributed by atoms with van der Waals surface area (Å²) in [4.78, 5) is 47.0. The van der Waals surface area contributed by atoms with Crippen LogP contribution >= 0.6 is 0 Å². The maximum Gasteiger partial charge on any atom is 0.338 e. The summed E-state index contributed by atoms with van der Waals surface area (Å²) in [7, 11) is 3.05. The highest BCUT2D eigenvalue weighted by molar-refractivity contribution is 5.91. The standard InChI is InChI=1S/C20H29N3O7/c1-12(2)17(23-18(25)13(3)21-4)20(27)30-9-8-29-19(26)14-6-7-15(22-11-24)16(10-14)28-5/h6-7,10-13,17,21H,8-9H2,1-5H3,(H,22,24)(H,23,25)/t13-,17-/m0/s1. The van der Waals surface area contributed by atoms with E-state index in [1.807, 2.05) is 0 Å². The molecule has 166 valence electrons. The summed E-state index contributed by atoms with van der Waals surface area (Å²) in [5, 5.41) is 7.89. The maximum atomic E-state index is 12.3. The number of rotatable bonds is 12. The molecular weight excluding hydrogens is 394 g/mol. The fraction of sp³-hybridized carbons (Fsp3) is 0.500. The number of nitrogens with one attached hydrogen (secondary N) is 3. The Hall–Kier alpha value is -3.14. The normalized spacial score (nSPS) is 12.5. The Morgan fingerprint density at radius 1 is 1.10 bits per heavy atom. The molecule has 0 aromatic heterocycles. The van der Waals surface area contributed by atoms with E-state index in [1.165, 1.54) is 25.3 Å². The molecule has 2 atom stereocenters. The summed E-state index contributed by atoms with van der Waals surface area (Å²) in [5.41, 5.74) is 0.621. The Morgan fingerprint density at radius 3 is 2.33 bits per heavy atom. The number of anilines is 1. The number of benzene rings is 1. The molecule has 0 aliphatic rings. The zero-order chi connectivity index (χ0) is 22.7. The van der Waals surface area contributed by atoms with Gasteiger partial charge in [0.2, 0.25) is 12.3 Å². The zero-order valence-corrected chi connectivity index (χ0v) is 17.8. The van der Waals surface area contributed by atoms with Gasteiger partial charge in [0, 0.05) is 0 Å². The maximum absolute atomic E-state index is 12.3. The molecule has 10 nitrogen and oxygen atoms in total. The van der Waals surface area contributed by atoms with E-state index in [0.29, 0.717) is 17.8 Å². The van der Waals surface area contributed by atoms with E-state index >= 15 is 0 Å². The predicted octanol–water partition coefficient (Wildman–Crippen LogP) is 0.712. The van der Waals surface area contributed by atoms with Gasteiger partial charge in [-0.2, -0.15) is 0 Å². The second kappa shape index (κ2) is 12.4. The molecule has 0 bridgehead atoms. The molecule has 1 rings (SSSR count). The van der Waals surface area contributed by atoms with Gasteiger partial charge in [-0.3, -0.25) is 9.59 Å². The lowest BCUT2D eigenvalue weighted by molar-refractivity contribution is -0.150. The monoisotopic (exact) mass is 423 g/mol. The van der Waals surface area contributed by atoms with Gasteiger partial charge in [-0.25, -0.2) is 9.59 Å². The second-order valence-electron chi connectivity index (χ2n) is 6.72. The summed E-state index contributed by atoms with van der Waals surface area (Å²) in [6, 6.07) is 3.13. The molecule has 0 fully saturated rings. The average Bonchev–Trinajstić information content (AvgIpc) is 2.73. The van der Waals surface area contributed by atoms with Crippen LogP contribution in [0.2, 0.25) is 0 Å². The van der Waals surface area contributed by atoms with Crippen LogP contribution in [0.1, 0.15) is 31.1 Å². The third-order valence-corrected chi connectivity index (χ3v) is 4.26. The number of carbonyl (C=O) groups is 4. The van der Waals surface area contributed by atoms with Crippen molar-refractivity contribution in [2.45, 2.75) is 32.9 Å². The first kappa shape index (κ1) is 24.9. The first-order chi connectivity index (χ1) is 14.2. The number of esters is 2. The molecule has 0 spiro atoms. The van der Waals surface area contributed by atoms with Crippen LogP contribution in [-0.2, 0) is 23.9 Å². The van der Waals surface area contributed by atoms with E-state index < -0.39 is 24.0 Å². The van der Waals surface area contributed by atoms with Crippen molar-refractivity contribution in [3.63, 3.8) is 0 Å². The molecule has 0 unspecified atom stereocenters. The summed E-state index contributed by atoms with van der Waals surface area (Å²) < 4.78 is 15.3. The number of hydrogen-bond donors (Lipinski definition) is 3. The SMILES string of the molecule is CN[C@@H](C)C(=O)N[C@H](C(=O)OCCOC(=O)c1ccc(NC=O)c(OC)c1)C(C)C. The Balaban J connectivity index is 2.56. The van der Waals surface area contributed by atoms with Crippen LogP contribution < -0.4 is 20.7 Å². The minimum Gasteiger partial charge on any atom is -0.495 e. The van der Waals surface area contributed by atoms with Crippen molar-refractivity contribution in [2.75, 3.05) is 32.7 Å². The van der Waals surface area contributed by atoms with Crippen LogP contribution in [0.15, 0.2) is 18.2 Å². The van der Waals surface area contributed by atoms with Crippen molar-refractivity contribution in [1.82, 2.24) is 10.6 Å². The quantitative estimate of drug-likeness (QED) is 0.254. The van der Waals surface area contributed by atoms with E-state index in [9.17, 15) is 19.2 Å². The van der Waals surface area contributed by atoms with E-state index in [0.717, 1.165) is 0 Å². The fourth-order valence-electron chi connectivity index (χ4n) is 2.36.